The fourth-order valence-corrected chi connectivity index (χ4v) is 2.47. The summed E-state index contributed by atoms with van der Waals surface area (Å²) < 4.78 is 0. The van der Waals surface area contributed by atoms with Crippen LogP contribution in [0.5, 0.6) is 0 Å². The van der Waals surface area contributed by atoms with Crippen molar-refractivity contribution in [1.82, 2.24) is 5.32 Å². The Kier molecular flexibility index (Phi) is 6.01. The van der Waals surface area contributed by atoms with Crippen LogP contribution in [0.4, 0.5) is 0 Å². The van der Waals surface area contributed by atoms with E-state index in [9.17, 15) is 0 Å². The highest BCUT2D eigenvalue weighted by Gasteiger charge is 2.12. The Morgan fingerprint density at radius 3 is 2.47 bits per heavy atom. The van der Waals surface area contributed by atoms with Crippen molar-refractivity contribution in [2.75, 3.05) is 7.05 Å². The highest BCUT2D eigenvalue weighted by molar-refractivity contribution is 6.31. The van der Waals surface area contributed by atoms with Crippen LogP contribution in [0.2, 0.25) is 5.02 Å². The lowest BCUT2D eigenvalue weighted by atomic mass is 9.97. The summed E-state index contributed by atoms with van der Waals surface area (Å²) in [5.74, 6) is 0.779. The molecule has 0 amide bonds. The molecule has 96 valence electrons. The molecule has 0 bridgehead atoms. The van der Waals surface area contributed by atoms with E-state index in [0.717, 1.165) is 17.4 Å². The maximum Gasteiger partial charge on any atom is 0.0456 e. The monoisotopic (exact) mass is 253 g/mol. The Labute approximate surface area is 111 Å². The Balaban J connectivity index is 2.66. The summed E-state index contributed by atoms with van der Waals surface area (Å²) in [5, 5.41) is 4.25. The van der Waals surface area contributed by atoms with Crippen LogP contribution in [-0.2, 0) is 0 Å². The third-order valence-electron chi connectivity index (χ3n) is 3.15. The van der Waals surface area contributed by atoms with Gasteiger partial charge >= 0.3 is 0 Å². The minimum absolute atomic E-state index is 0.377. The van der Waals surface area contributed by atoms with E-state index >= 15 is 0 Å². The molecule has 1 N–H and O–H groups in total. The van der Waals surface area contributed by atoms with Crippen molar-refractivity contribution in [2.24, 2.45) is 5.92 Å². The first-order valence-electron chi connectivity index (χ1n) is 6.48. The van der Waals surface area contributed by atoms with Crippen LogP contribution in [0.1, 0.15) is 50.3 Å². The predicted molar refractivity (Wildman–Crippen MR) is 76.7 cm³/mol. The molecule has 0 aromatic heterocycles. The Bertz CT molecular complexity index is 347. The van der Waals surface area contributed by atoms with Crippen molar-refractivity contribution in [1.29, 1.82) is 0 Å². The van der Waals surface area contributed by atoms with Crippen molar-refractivity contribution < 1.29 is 0 Å². The lowest BCUT2D eigenvalue weighted by molar-refractivity contribution is 0.470. The van der Waals surface area contributed by atoms with Crippen molar-refractivity contribution in [3.05, 3.63) is 34.3 Å². The molecule has 17 heavy (non-hydrogen) atoms. The molecule has 0 radical (unpaired) electrons. The van der Waals surface area contributed by atoms with Gasteiger partial charge in [0.15, 0.2) is 0 Å². The molecule has 2 heteroatoms. The van der Waals surface area contributed by atoms with Crippen LogP contribution in [0.3, 0.4) is 0 Å². The second kappa shape index (κ2) is 7.03. The molecule has 1 atom stereocenters. The fourth-order valence-electron chi connectivity index (χ4n) is 2.10. The van der Waals surface area contributed by atoms with E-state index in [-0.39, 0.29) is 0 Å². The number of hydrogen-bond acceptors (Lipinski definition) is 1. The van der Waals surface area contributed by atoms with E-state index < -0.39 is 0 Å². The molecule has 0 saturated carbocycles. The zero-order valence-electron chi connectivity index (χ0n) is 11.4. The molecule has 1 nitrogen and oxygen atoms in total. The van der Waals surface area contributed by atoms with Gasteiger partial charge in [0.2, 0.25) is 0 Å². The molecule has 0 aliphatic rings. The third-order valence-corrected chi connectivity index (χ3v) is 3.48. The molecule has 1 rings (SSSR count). The number of aryl methyl sites for hydroxylation is 1. The molecular formula is C15H24ClN. The number of rotatable bonds is 6. The summed E-state index contributed by atoms with van der Waals surface area (Å²) in [5.41, 5.74) is 2.44. The second-order valence-corrected chi connectivity index (χ2v) is 5.60. The largest absolute Gasteiger partial charge is 0.313 e. The summed E-state index contributed by atoms with van der Waals surface area (Å²) in [7, 11) is 2.01. The standard InChI is InChI=1S/C15H24ClN/c1-11(2)6-5-7-15(17-4)13-9-8-12(3)10-14(13)16/h8-11,15,17H,5-7H2,1-4H3. The zero-order chi connectivity index (χ0) is 12.8. The molecule has 0 spiro atoms. The van der Waals surface area contributed by atoms with Crippen molar-refractivity contribution >= 4 is 11.6 Å². The van der Waals surface area contributed by atoms with Crippen molar-refractivity contribution in [3.8, 4) is 0 Å². The van der Waals surface area contributed by atoms with Crippen molar-refractivity contribution in [3.63, 3.8) is 0 Å². The number of hydrogen-bond donors (Lipinski definition) is 1. The third kappa shape index (κ3) is 4.69. The highest BCUT2D eigenvalue weighted by atomic mass is 35.5. The highest BCUT2D eigenvalue weighted by Crippen LogP contribution is 2.27. The van der Waals surface area contributed by atoms with Gasteiger partial charge in [0, 0.05) is 11.1 Å². The molecule has 0 heterocycles. The summed E-state index contributed by atoms with van der Waals surface area (Å²) in [6.07, 6.45) is 3.67. The molecule has 1 aromatic carbocycles. The SMILES string of the molecule is CNC(CCCC(C)C)c1ccc(C)cc1Cl. The van der Waals surface area contributed by atoms with Crippen LogP contribution >= 0.6 is 11.6 Å². The van der Waals surface area contributed by atoms with Gasteiger partial charge in [-0.2, -0.15) is 0 Å². The van der Waals surface area contributed by atoms with E-state index in [4.69, 9.17) is 11.6 Å². The van der Waals surface area contributed by atoms with Gasteiger partial charge in [-0.25, -0.2) is 0 Å². The maximum absolute atomic E-state index is 6.30. The van der Waals surface area contributed by atoms with Crippen LogP contribution in [0, 0.1) is 12.8 Å². The van der Waals surface area contributed by atoms with E-state index in [1.807, 2.05) is 13.1 Å². The van der Waals surface area contributed by atoms with Gasteiger partial charge in [-0.05, 0) is 43.5 Å². The number of benzene rings is 1. The van der Waals surface area contributed by atoms with Gasteiger partial charge in [0.05, 0.1) is 0 Å². The average molecular weight is 254 g/mol. The summed E-state index contributed by atoms with van der Waals surface area (Å²) in [4.78, 5) is 0. The lowest BCUT2D eigenvalue weighted by Crippen LogP contribution is -2.17. The molecule has 1 aromatic rings. The summed E-state index contributed by atoms with van der Waals surface area (Å²) in [6, 6.07) is 6.70. The van der Waals surface area contributed by atoms with Gasteiger partial charge in [-0.3, -0.25) is 0 Å². The molecule has 0 aliphatic heterocycles. The molecule has 0 fully saturated rings. The molecular weight excluding hydrogens is 230 g/mol. The van der Waals surface area contributed by atoms with Gasteiger partial charge in [0.25, 0.3) is 0 Å². The van der Waals surface area contributed by atoms with Gasteiger partial charge in [-0.15, -0.1) is 0 Å². The van der Waals surface area contributed by atoms with Gasteiger partial charge in [0.1, 0.15) is 0 Å². The second-order valence-electron chi connectivity index (χ2n) is 5.19. The van der Waals surface area contributed by atoms with E-state index in [1.165, 1.54) is 24.0 Å². The Hall–Kier alpha value is -0.530. The van der Waals surface area contributed by atoms with E-state index in [2.05, 4.69) is 38.2 Å². The van der Waals surface area contributed by atoms with E-state index in [1.54, 1.807) is 0 Å². The van der Waals surface area contributed by atoms with Gasteiger partial charge < -0.3 is 5.32 Å². The quantitative estimate of drug-likeness (QED) is 0.773. The van der Waals surface area contributed by atoms with Crippen LogP contribution in [0.15, 0.2) is 18.2 Å². The first-order valence-corrected chi connectivity index (χ1v) is 6.85. The first kappa shape index (κ1) is 14.5. The Morgan fingerprint density at radius 2 is 1.94 bits per heavy atom. The normalized spacial score (nSPS) is 13.1. The summed E-state index contributed by atoms with van der Waals surface area (Å²) >= 11 is 6.30. The number of nitrogens with one attached hydrogen (secondary N) is 1. The molecule has 1 unspecified atom stereocenters. The smallest absolute Gasteiger partial charge is 0.0456 e. The Morgan fingerprint density at radius 1 is 1.24 bits per heavy atom. The topological polar surface area (TPSA) is 12.0 Å². The predicted octanol–water partition coefficient (Wildman–Crippen LogP) is 4.74. The van der Waals surface area contributed by atoms with Crippen LogP contribution in [-0.4, -0.2) is 7.05 Å². The number of halogens is 1. The van der Waals surface area contributed by atoms with Crippen molar-refractivity contribution in [2.45, 2.75) is 46.1 Å². The fraction of sp³-hybridized carbons (Fsp3) is 0.600. The average Bonchev–Trinajstić information content (AvgIpc) is 2.25. The van der Waals surface area contributed by atoms with Crippen LogP contribution in [0.25, 0.3) is 0 Å². The minimum Gasteiger partial charge on any atom is -0.313 e. The zero-order valence-corrected chi connectivity index (χ0v) is 12.1. The molecule has 0 saturated heterocycles. The minimum atomic E-state index is 0.377. The lowest BCUT2D eigenvalue weighted by Gasteiger charge is -2.19. The van der Waals surface area contributed by atoms with E-state index in [0.29, 0.717) is 6.04 Å². The maximum atomic E-state index is 6.30. The van der Waals surface area contributed by atoms with Crippen LogP contribution < -0.4 is 5.32 Å². The first-order chi connectivity index (χ1) is 8.04. The molecule has 0 aliphatic carbocycles. The summed E-state index contributed by atoms with van der Waals surface area (Å²) in [6.45, 7) is 6.61. The van der Waals surface area contributed by atoms with Gasteiger partial charge in [-0.1, -0.05) is 50.4 Å².